The van der Waals surface area contributed by atoms with Crippen LogP contribution in [0.3, 0.4) is 0 Å². The van der Waals surface area contributed by atoms with Gasteiger partial charge in [-0.05, 0) is 23.8 Å². The predicted octanol–water partition coefficient (Wildman–Crippen LogP) is 3.18. The molecule has 0 atom stereocenters. The molecule has 0 aliphatic heterocycles. The maximum absolute atomic E-state index is 5.94. The molecule has 0 unspecified atom stereocenters. The third kappa shape index (κ3) is 5.76. The van der Waals surface area contributed by atoms with E-state index in [2.05, 4.69) is 29.2 Å². The van der Waals surface area contributed by atoms with Crippen LogP contribution in [0.5, 0.6) is 5.75 Å². The van der Waals surface area contributed by atoms with Gasteiger partial charge < -0.3 is 10.5 Å². The molecule has 2 aromatic carbocycles. The van der Waals surface area contributed by atoms with Crippen molar-refractivity contribution < 1.29 is 4.74 Å². The highest BCUT2D eigenvalue weighted by molar-refractivity contribution is 6.30. The van der Waals surface area contributed by atoms with Crippen LogP contribution in [0.25, 0.3) is 0 Å². The molecular weight excluding hydrogens is 284 g/mol. The van der Waals surface area contributed by atoms with E-state index in [0.717, 1.165) is 25.4 Å². The fourth-order valence-electron chi connectivity index (χ4n) is 2.14. The molecule has 0 aliphatic carbocycles. The molecule has 2 aromatic rings. The minimum absolute atomic E-state index is 0.618. The summed E-state index contributed by atoms with van der Waals surface area (Å²) in [5.41, 5.74) is 6.97. The van der Waals surface area contributed by atoms with Crippen molar-refractivity contribution >= 4 is 11.6 Å². The lowest BCUT2D eigenvalue weighted by molar-refractivity contribution is 0.206. The van der Waals surface area contributed by atoms with Crippen LogP contribution in [-0.4, -0.2) is 31.1 Å². The van der Waals surface area contributed by atoms with Crippen LogP contribution in [-0.2, 0) is 6.54 Å². The Bertz CT molecular complexity index is 533. The number of hydrogen-bond donors (Lipinski definition) is 1. The first kappa shape index (κ1) is 15.8. The van der Waals surface area contributed by atoms with Gasteiger partial charge in [-0.1, -0.05) is 48.0 Å². The smallest absolute Gasteiger partial charge is 0.120 e. The average Bonchev–Trinajstić information content (AvgIpc) is 2.48. The van der Waals surface area contributed by atoms with Gasteiger partial charge in [0.05, 0.1) is 0 Å². The van der Waals surface area contributed by atoms with E-state index in [-0.39, 0.29) is 0 Å². The van der Waals surface area contributed by atoms with Gasteiger partial charge in [0.15, 0.2) is 0 Å². The Hall–Kier alpha value is -1.55. The lowest BCUT2D eigenvalue weighted by Gasteiger charge is -2.21. The first-order valence-electron chi connectivity index (χ1n) is 7.12. The SMILES string of the molecule is NCCN(CCOc1cccc(Cl)c1)Cc1ccccc1. The quantitative estimate of drug-likeness (QED) is 0.814. The van der Waals surface area contributed by atoms with Crippen LogP contribution < -0.4 is 10.5 Å². The van der Waals surface area contributed by atoms with Gasteiger partial charge >= 0.3 is 0 Å². The van der Waals surface area contributed by atoms with Crippen LogP contribution in [0.1, 0.15) is 5.56 Å². The third-order valence-corrected chi connectivity index (χ3v) is 3.40. The molecular formula is C17H21ClN2O. The zero-order chi connectivity index (χ0) is 14.9. The number of benzene rings is 2. The first-order chi connectivity index (χ1) is 10.3. The van der Waals surface area contributed by atoms with E-state index >= 15 is 0 Å². The Kier molecular flexibility index (Phi) is 6.54. The second-order valence-corrected chi connectivity index (χ2v) is 5.29. The van der Waals surface area contributed by atoms with Crippen molar-refractivity contribution in [3.8, 4) is 5.75 Å². The van der Waals surface area contributed by atoms with Gasteiger partial charge in [0.25, 0.3) is 0 Å². The van der Waals surface area contributed by atoms with E-state index in [9.17, 15) is 0 Å². The number of nitrogens with two attached hydrogens (primary N) is 1. The van der Waals surface area contributed by atoms with Gasteiger partial charge in [0.2, 0.25) is 0 Å². The van der Waals surface area contributed by atoms with Crippen molar-refractivity contribution in [1.29, 1.82) is 0 Å². The van der Waals surface area contributed by atoms with Crippen LogP contribution in [0, 0.1) is 0 Å². The van der Waals surface area contributed by atoms with Gasteiger partial charge in [0, 0.05) is 31.2 Å². The molecule has 112 valence electrons. The van der Waals surface area contributed by atoms with Crippen molar-refractivity contribution in [2.24, 2.45) is 5.73 Å². The normalized spacial score (nSPS) is 10.8. The van der Waals surface area contributed by atoms with Crippen molar-refractivity contribution in [2.75, 3.05) is 26.2 Å². The summed E-state index contributed by atoms with van der Waals surface area (Å²) in [6.07, 6.45) is 0. The van der Waals surface area contributed by atoms with Crippen molar-refractivity contribution in [3.05, 3.63) is 65.2 Å². The third-order valence-electron chi connectivity index (χ3n) is 3.17. The topological polar surface area (TPSA) is 38.5 Å². The summed E-state index contributed by atoms with van der Waals surface area (Å²) >= 11 is 5.94. The predicted molar refractivity (Wildman–Crippen MR) is 87.7 cm³/mol. The van der Waals surface area contributed by atoms with E-state index in [1.165, 1.54) is 5.56 Å². The molecule has 4 heteroatoms. The molecule has 0 saturated heterocycles. The molecule has 2 rings (SSSR count). The zero-order valence-corrected chi connectivity index (χ0v) is 12.8. The van der Waals surface area contributed by atoms with Crippen LogP contribution in [0.2, 0.25) is 5.02 Å². The largest absolute Gasteiger partial charge is 0.492 e. The lowest BCUT2D eigenvalue weighted by atomic mass is 10.2. The molecule has 0 fully saturated rings. The average molecular weight is 305 g/mol. The fourth-order valence-corrected chi connectivity index (χ4v) is 2.32. The van der Waals surface area contributed by atoms with Crippen molar-refractivity contribution in [2.45, 2.75) is 6.54 Å². The van der Waals surface area contributed by atoms with E-state index in [1.54, 1.807) is 0 Å². The van der Waals surface area contributed by atoms with Gasteiger partial charge in [-0.25, -0.2) is 0 Å². The molecule has 0 radical (unpaired) electrons. The number of hydrogen-bond acceptors (Lipinski definition) is 3. The standard InChI is InChI=1S/C17H21ClN2O/c18-16-7-4-8-17(13-16)21-12-11-20(10-9-19)14-15-5-2-1-3-6-15/h1-8,13H,9-12,14,19H2. The number of rotatable bonds is 8. The van der Waals surface area contributed by atoms with Gasteiger partial charge in [-0.15, -0.1) is 0 Å². The summed E-state index contributed by atoms with van der Waals surface area (Å²) in [4.78, 5) is 2.29. The Morgan fingerprint density at radius 2 is 1.81 bits per heavy atom. The van der Waals surface area contributed by atoms with E-state index in [4.69, 9.17) is 22.1 Å². The monoisotopic (exact) mass is 304 g/mol. The van der Waals surface area contributed by atoms with Crippen LogP contribution in [0.15, 0.2) is 54.6 Å². The molecule has 0 aromatic heterocycles. The van der Waals surface area contributed by atoms with Gasteiger partial charge in [-0.3, -0.25) is 4.90 Å². The second-order valence-electron chi connectivity index (χ2n) is 4.86. The fraction of sp³-hybridized carbons (Fsp3) is 0.294. The lowest BCUT2D eigenvalue weighted by Crippen LogP contribution is -2.32. The molecule has 0 spiro atoms. The molecule has 0 amide bonds. The van der Waals surface area contributed by atoms with E-state index in [0.29, 0.717) is 18.2 Å². The molecule has 21 heavy (non-hydrogen) atoms. The van der Waals surface area contributed by atoms with Gasteiger partial charge in [-0.2, -0.15) is 0 Å². The Morgan fingerprint density at radius 1 is 1.00 bits per heavy atom. The maximum Gasteiger partial charge on any atom is 0.120 e. The minimum atomic E-state index is 0.618. The maximum atomic E-state index is 5.94. The summed E-state index contributed by atoms with van der Waals surface area (Å²) in [7, 11) is 0. The zero-order valence-electron chi connectivity index (χ0n) is 12.0. The molecule has 3 nitrogen and oxygen atoms in total. The van der Waals surface area contributed by atoms with Crippen LogP contribution in [0.4, 0.5) is 0 Å². The Balaban J connectivity index is 1.82. The summed E-state index contributed by atoms with van der Waals surface area (Å²) < 4.78 is 5.73. The molecule has 0 bridgehead atoms. The number of ether oxygens (including phenoxy) is 1. The molecule has 0 heterocycles. The first-order valence-corrected chi connectivity index (χ1v) is 7.50. The molecule has 0 aliphatic rings. The second kappa shape index (κ2) is 8.67. The Labute approximate surface area is 131 Å². The van der Waals surface area contributed by atoms with Crippen molar-refractivity contribution in [3.63, 3.8) is 0 Å². The summed E-state index contributed by atoms with van der Waals surface area (Å²) in [5, 5.41) is 0.690. The van der Waals surface area contributed by atoms with E-state index in [1.807, 2.05) is 30.3 Å². The minimum Gasteiger partial charge on any atom is -0.492 e. The van der Waals surface area contributed by atoms with E-state index < -0.39 is 0 Å². The number of halogens is 1. The summed E-state index contributed by atoms with van der Waals surface area (Å²) in [6, 6.07) is 17.9. The van der Waals surface area contributed by atoms with Crippen LogP contribution >= 0.6 is 11.6 Å². The van der Waals surface area contributed by atoms with Crippen molar-refractivity contribution in [1.82, 2.24) is 4.90 Å². The highest BCUT2D eigenvalue weighted by Crippen LogP contribution is 2.17. The molecule has 0 saturated carbocycles. The molecule has 2 N–H and O–H groups in total. The Morgan fingerprint density at radius 3 is 2.52 bits per heavy atom. The number of nitrogens with zero attached hydrogens (tertiary/aromatic N) is 1. The highest BCUT2D eigenvalue weighted by atomic mass is 35.5. The summed E-state index contributed by atoms with van der Waals surface area (Å²) in [5.74, 6) is 0.801. The highest BCUT2D eigenvalue weighted by Gasteiger charge is 2.05. The van der Waals surface area contributed by atoms with Gasteiger partial charge in [0.1, 0.15) is 12.4 Å². The summed E-state index contributed by atoms with van der Waals surface area (Å²) in [6.45, 7) is 3.83.